The predicted molar refractivity (Wildman–Crippen MR) is 80.2 cm³/mol. The standard InChI is InChI=1S/C15H22O11/c1-6(17)22-10(5-16)11-12(23-7(2)18)13(24-8(3)19)14(15(21)26-11)25-9(4)20/h10-16,21H,5H2,1-4H3. The topological polar surface area (TPSA) is 155 Å². The van der Waals surface area contributed by atoms with Gasteiger partial charge in [-0.2, -0.15) is 0 Å². The molecular weight excluding hydrogens is 356 g/mol. The van der Waals surface area contributed by atoms with Crippen molar-refractivity contribution in [1.82, 2.24) is 0 Å². The van der Waals surface area contributed by atoms with Crippen LogP contribution in [-0.2, 0) is 42.9 Å². The fourth-order valence-electron chi connectivity index (χ4n) is 2.54. The van der Waals surface area contributed by atoms with Crippen LogP contribution < -0.4 is 0 Å². The Labute approximate surface area is 149 Å². The Morgan fingerprint density at radius 3 is 1.73 bits per heavy atom. The molecule has 1 saturated heterocycles. The van der Waals surface area contributed by atoms with Crippen molar-refractivity contribution in [2.24, 2.45) is 0 Å². The molecular formula is C15H22O11. The highest BCUT2D eigenvalue weighted by Crippen LogP contribution is 2.30. The van der Waals surface area contributed by atoms with E-state index in [1.807, 2.05) is 0 Å². The minimum atomic E-state index is -1.80. The fourth-order valence-corrected chi connectivity index (χ4v) is 2.54. The molecule has 1 fully saturated rings. The normalized spacial score (nSPS) is 29.2. The Morgan fingerprint density at radius 1 is 0.846 bits per heavy atom. The maximum absolute atomic E-state index is 11.5. The summed E-state index contributed by atoms with van der Waals surface area (Å²) in [5, 5.41) is 19.6. The van der Waals surface area contributed by atoms with Gasteiger partial charge in [-0.05, 0) is 0 Å². The summed E-state index contributed by atoms with van der Waals surface area (Å²) < 4.78 is 25.2. The Morgan fingerprint density at radius 2 is 1.31 bits per heavy atom. The van der Waals surface area contributed by atoms with Gasteiger partial charge in [0.15, 0.2) is 30.7 Å². The summed E-state index contributed by atoms with van der Waals surface area (Å²) in [6.45, 7) is 3.52. The number of hydrogen-bond acceptors (Lipinski definition) is 11. The minimum absolute atomic E-state index is 0.736. The summed E-state index contributed by atoms with van der Waals surface area (Å²) in [5.41, 5.74) is 0. The van der Waals surface area contributed by atoms with E-state index in [-0.39, 0.29) is 0 Å². The van der Waals surface area contributed by atoms with Crippen LogP contribution in [0.25, 0.3) is 0 Å². The molecule has 6 atom stereocenters. The lowest BCUT2D eigenvalue weighted by Crippen LogP contribution is -2.64. The van der Waals surface area contributed by atoms with Crippen LogP contribution in [0.1, 0.15) is 27.7 Å². The first-order chi connectivity index (χ1) is 12.1. The van der Waals surface area contributed by atoms with Gasteiger partial charge in [0.25, 0.3) is 0 Å². The molecule has 0 radical (unpaired) electrons. The lowest BCUT2D eigenvalue weighted by Gasteiger charge is -2.44. The van der Waals surface area contributed by atoms with E-state index >= 15 is 0 Å². The molecule has 11 heteroatoms. The molecule has 0 aliphatic carbocycles. The highest BCUT2D eigenvalue weighted by atomic mass is 16.7. The van der Waals surface area contributed by atoms with Crippen LogP contribution in [0.5, 0.6) is 0 Å². The van der Waals surface area contributed by atoms with Crippen molar-refractivity contribution in [3.63, 3.8) is 0 Å². The van der Waals surface area contributed by atoms with Gasteiger partial charge in [0.05, 0.1) is 6.61 Å². The molecule has 0 aromatic heterocycles. The van der Waals surface area contributed by atoms with E-state index in [2.05, 4.69) is 0 Å². The zero-order chi connectivity index (χ0) is 20.0. The van der Waals surface area contributed by atoms with E-state index in [1.54, 1.807) is 0 Å². The number of aliphatic hydroxyl groups excluding tert-OH is 2. The molecule has 1 aliphatic rings. The van der Waals surface area contributed by atoms with Crippen molar-refractivity contribution in [1.29, 1.82) is 0 Å². The molecule has 2 N–H and O–H groups in total. The summed E-state index contributed by atoms with van der Waals surface area (Å²) in [4.78, 5) is 45.4. The smallest absolute Gasteiger partial charge is 0.303 e. The van der Waals surface area contributed by atoms with Gasteiger partial charge in [-0.15, -0.1) is 0 Å². The van der Waals surface area contributed by atoms with Crippen molar-refractivity contribution in [2.75, 3.05) is 6.61 Å². The third kappa shape index (κ3) is 5.93. The molecule has 0 aromatic rings. The summed E-state index contributed by atoms with van der Waals surface area (Å²) in [5.74, 6) is -3.20. The van der Waals surface area contributed by atoms with Gasteiger partial charge in [0.2, 0.25) is 0 Å². The highest BCUT2D eigenvalue weighted by Gasteiger charge is 2.54. The maximum Gasteiger partial charge on any atom is 0.303 e. The van der Waals surface area contributed by atoms with Crippen molar-refractivity contribution in [3.05, 3.63) is 0 Å². The van der Waals surface area contributed by atoms with Gasteiger partial charge in [-0.25, -0.2) is 0 Å². The number of aliphatic hydroxyl groups is 2. The lowest BCUT2D eigenvalue weighted by atomic mass is 9.94. The predicted octanol–water partition coefficient (Wildman–Crippen LogP) is -1.58. The van der Waals surface area contributed by atoms with E-state index in [4.69, 9.17) is 23.7 Å². The number of carbonyl (C=O) groups is 4. The molecule has 148 valence electrons. The number of hydrogen-bond donors (Lipinski definition) is 2. The van der Waals surface area contributed by atoms with Crippen LogP contribution in [0, 0.1) is 0 Å². The maximum atomic E-state index is 11.5. The lowest BCUT2D eigenvalue weighted by molar-refractivity contribution is -0.306. The molecule has 6 unspecified atom stereocenters. The summed E-state index contributed by atoms with van der Waals surface area (Å²) in [6, 6.07) is 0. The number of ether oxygens (including phenoxy) is 5. The van der Waals surface area contributed by atoms with Gasteiger partial charge in [-0.3, -0.25) is 19.2 Å². The van der Waals surface area contributed by atoms with Crippen molar-refractivity contribution in [3.8, 4) is 0 Å². The minimum Gasteiger partial charge on any atom is -0.457 e. The van der Waals surface area contributed by atoms with E-state index in [0.717, 1.165) is 27.7 Å². The van der Waals surface area contributed by atoms with Crippen LogP contribution in [0.4, 0.5) is 0 Å². The quantitative estimate of drug-likeness (QED) is 0.406. The van der Waals surface area contributed by atoms with Crippen molar-refractivity contribution >= 4 is 23.9 Å². The van der Waals surface area contributed by atoms with Gasteiger partial charge >= 0.3 is 23.9 Å². The molecule has 0 bridgehead atoms. The zero-order valence-corrected chi connectivity index (χ0v) is 14.7. The average Bonchev–Trinajstić information content (AvgIpc) is 2.49. The van der Waals surface area contributed by atoms with Crippen LogP contribution in [0.3, 0.4) is 0 Å². The van der Waals surface area contributed by atoms with E-state index in [1.165, 1.54) is 0 Å². The van der Waals surface area contributed by atoms with Crippen LogP contribution in [0.2, 0.25) is 0 Å². The molecule has 1 rings (SSSR count). The van der Waals surface area contributed by atoms with Crippen LogP contribution in [-0.4, -0.2) is 77.5 Å². The van der Waals surface area contributed by atoms with Gasteiger partial charge in [-0.1, -0.05) is 0 Å². The molecule has 11 nitrogen and oxygen atoms in total. The number of rotatable bonds is 6. The first-order valence-electron chi connectivity index (χ1n) is 7.70. The molecule has 0 amide bonds. The Kier molecular flexibility index (Phi) is 7.93. The fraction of sp³-hybridized carbons (Fsp3) is 0.733. The number of esters is 4. The molecule has 0 spiro atoms. The van der Waals surface area contributed by atoms with E-state index in [9.17, 15) is 29.4 Å². The highest BCUT2D eigenvalue weighted by molar-refractivity contribution is 5.68. The van der Waals surface area contributed by atoms with Crippen LogP contribution in [0.15, 0.2) is 0 Å². The zero-order valence-electron chi connectivity index (χ0n) is 14.7. The molecule has 26 heavy (non-hydrogen) atoms. The average molecular weight is 378 g/mol. The second-order valence-corrected chi connectivity index (χ2v) is 5.54. The third-order valence-corrected chi connectivity index (χ3v) is 3.32. The molecule has 1 aliphatic heterocycles. The van der Waals surface area contributed by atoms with E-state index < -0.39 is 67.3 Å². The van der Waals surface area contributed by atoms with Gasteiger partial charge in [0.1, 0.15) is 6.10 Å². The Hall–Kier alpha value is -2.24. The molecule has 0 aromatic carbocycles. The Bertz CT molecular complexity index is 546. The molecule has 1 heterocycles. The SMILES string of the molecule is CC(=O)OC(CO)C1OC(O)C(OC(C)=O)C(OC(C)=O)C1OC(C)=O. The van der Waals surface area contributed by atoms with E-state index in [0.29, 0.717) is 0 Å². The molecule has 0 saturated carbocycles. The second kappa shape index (κ2) is 9.46. The summed E-state index contributed by atoms with van der Waals surface area (Å²) in [6.07, 6.45) is -8.93. The third-order valence-electron chi connectivity index (χ3n) is 3.32. The summed E-state index contributed by atoms with van der Waals surface area (Å²) in [7, 11) is 0. The van der Waals surface area contributed by atoms with Crippen molar-refractivity contribution in [2.45, 2.75) is 64.5 Å². The first kappa shape index (κ1) is 21.8. The van der Waals surface area contributed by atoms with Crippen LogP contribution >= 0.6 is 0 Å². The first-order valence-corrected chi connectivity index (χ1v) is 7.70. The second-order valence-electron chi connectivity index (χ2n) is 5.54. The van der Waals surface area contributed by atoms with Crippen molar-refractivity contribution < 1.29 is 53.1 Å². The largest absolute Gasteiger partial charge is 0.457 e. The number of carbonyl (C=O) groups excluding carboxylic acids is 4. The summed E-state index contributed by atoms with van der Waals surface area (Å²) >= 11 is 0. The van der Waals surface area contributed by atoms with Gasteiger partial charge in [0, 0.05) is 27.7 Å². The van der Waals surface area contributed by atoms with Gasteiger partial charge < -0.3 is 33.9 Å². The monoisotopic (exact) mass is 378 g/mol. The Balaban J connectivity index is 3.28.